The molecule has 4 heteroatoms. The molecule has 20 heavy (non-hydrogen) atoms. The predicted molar refractivity (Wildman–Crippen MR) is 87.1 cm³/mol. The van der Waals surface area contributed by atoms with Crippen LogP contribution in [0, 0.1) is 0 Å². The van der Waals surface area contributed by atoms with Gasteiger partial charge < -0.3 is 15.5 Å². The van der Waals surface area contributed by atoms with Crippen molar-refractivity contribution < 1.29 is 4.74 Å². The van der Waals surface area contributed by atoms with E-state index in [1.807, 2.05) is 33.2 Å². The summed E-state index contributed by atoms with van der Waals surface area (Å²) in [6, 6.07) is 0. The quantitative estimate of drug-likeness (QED) is 0.345. The summed E-state index contributed by atoms with van der Waals surface area (Å²) in [5.41, 5.74) is 10.7. The van der Waals surface area contributed by atoms with Gasteiger partial charge in [-0.15, -0.1) is 0 Å². The molecule has 0 aliphatic rings. The highest BCUT2D eigenvalue weighted by molar-refractivity contribution is 5.37. The summed E-state index contributed by atoms with van der Waals surface area (Å²) in [5.74, 6) is 0.792. The molecule has 4 nitrogen and oxygen atoms in total. The lowest BCUT2D eigenvalue weighted by Crippen LogP contribution is -2.30. The van der Waals surface area contributed by atoms with Gasteiger partial charge in [0, 0.05) is 13.6 Å². The highest BCUT2D eigenvalue weighted by atomic mass is 16.5. The Morgan fingerprint density at radius 2 is 1.85 bits per heavy atom. The molecule has 3 N–H and O–H groups in total. The molecule has 0 atom stereocenters. The van der Waals surface area contributed by atoms with E-state index in [4.69, 9.17) is 4.74 Å². The maximum Gasteiger partial charge on any atom is 0.121 e. The van der Waals surface area contributed by atoms with Gasteiger partial charge >= 0.3 is 0 Å². The van der Waals surface area contributed by atoms with Crippen LogP contribution >= 0.6 is 0 Å². The summed E-state index contributed by atoms with van der Waals surface area (Å²) in [6.07, 6.45) is 4.97. The largest absolute Gasteiger partial charge is 0.497 e. The molecule has 0 aliphatic carbocycles. The van der Waals surface area contributed by atoms with Crippen molar-refractivity contribution in [3.63, 3.8) is 0 Å². The highest BCUT2D eigenvalue weighted by Crippen LogP contribution is 2.15. The van der Waals surface area contributed by atoms with Crippen molar-refractivity contribution in [1.82, 2.24) is 16.2 Å². The zero-order valence-corrected chi connectivity index (χ0v) is 13.7. The smallest absolute Gasteiger partial charge is 0.121 e. The first kappa shape index (κ1) is 18.5. The second-order valence-corrected chi connectivity index (χ2v) is 4.60. The molecule has 0 unspecified atom stereocenters. The Hall–Kier alpha value is -1.52. The van der Waals surface area contributed by atoms with Crippen molar-refractivity contribution in [2.75, 3.05) is 27.7 Å². The normalized spacial score (nSPS) is 13.9. The summed E-state index contributed by atoms with van der Waals surface area (Å²) < 4.78 is 5.29. The van der Waals surface area contributed by atoms with Gasteiger partial charge in [-0.3, -0.25) is 0 Å². The van der Waals surface area contributed by atoms with Crippen molar-refractivity contribution in [2.24, 2.45) is 0 Å². The van der Waals surface area contributed by atoms with Gasteiger partial charge in [0.15, 0.2) is 0 Å². The van der Waals surface area contributed by atoms with Crippen molar-refractivity contribution in [2.45, 2.75) is 27.2 Å². The third-order valence-electron chi connectivity index (χ3n) is 2.94. The standard InChI is InChI=1S/C16H29N3O/c1-8-14(11-17-5)16(19-18-6)13(4)9-10-15(20-7)12(2)3/h9-10,17-19H,2,8,11H2,1,3-7H3/b13-9+,15-10+,16-14+. The maximum atomic E-state index is 5.29. The number of hydrogen-bond donors (Lipinski definition) is 3. The second-order valence-electron chi connectivity index (χ2n) is 4.60. The number of nitrogens with one attached hydrogen (secondary N) is 3. The number of hydrogen-bond acceptors (Lipinski definition) is 4. The van der Waals surface area contributed by atoms with E-state index >= 15 is 0 Å². The van der Waals surface area contributed by atoms with E-state index in [1.165, 1.54) is 5.57 Å². The van der Waals surface area contributed by atoms with Crippen LogP contribution in [0.5, 0.6) is 0 Å². The zero-order valence-electron chi connectivity index (χ0n) is 13.7. The van der Waals surface area contributed by atoms with E-state index in [-0.39, 0.29) is 0 Å². The molecule has 0 saturated carbocycles. The molecule has 0 aromatic carbocycles. The van der Waals surface area contributed by atoms with Crippen LogP contribution in [0.15, 0.2) is 46.9 Å². The lowest BCUT2D eigenvalue weighted by atomic mass is 10.1. The molecule has 0 aromatic heterocycles. The Labute approximate surface area is 123 Å². The van der Waals surface area contributed by atoms with Gasteiger partial charge in [-0.25, -0.2) is 5.43 Å². The van der Waals surface area contributed by atoms with Gasteiger partial charge in [0.1, 0.15) is 5.76 Å². The summed E-state index contributed by atoms with van der Waals surface area (Å²) in [5, 5.41) is 3.20. The van der Waals surface area contributed by atoms with Gasteiger partial charge in [0.25, 0.3) is 0 Å². The van der Waals surface area contributed by atoms with E-state index in [0.29, 0.717) is 0 Å². The van der Waals surface area contributed by atoms with Crippen molar-refractivity contribution in [1.29, 1.82) is 0 Å². The summed E-state index contributed by atoms with van der Waals surface area (Å²) in [4.78, 5) is 0. The van der Waals surface area contributed by atoms with E-state index in [0.717, 1.165) is 35.6 Å². The predicted octanol–water partition coefficient (Wildman–Crippen LogP) is 2.65. The molecule has 0 aliphatic heterocycles. The van der Waals surface area contributed by atoms with Crippen LogP contribution in [0.4, 0.5) is 0 Å². The third-order valence-corrected chi connectivity index (χ3v) is 2.94. The Kier molecular flexibility index (Phi) is 9.51. The molecule has 0 radical (unpaired) electrons. The minimum absolute atomic E-state index is 0.792. The van der Waals surface area contributed by atoms with Crippen molar-refractivity contribution in [3.05, 3.63) is 46.9 Å². The summed E-state index contributed by atoms with van der Waals surface area (Å²) >= 11 is 0. The number of rotatable bonds is 9. The zero-order chi connectivity index (χ0) is 15.5. The number of allylic oxidation sites excluding steroid dienone is 4. The van der Waals surface area contributed by atoms with Gasteiger partial charge in [-0.2, -0.15) is 0 Å². The van der Waals surface area contributed by atoms with E-state index in [9.17, 15) is 0 Å². The van der Waals surface area contributed by atoms with Crippen LogP contribution in [0.25, 0.3) is 0 Å². The Morgan fingerprint density at radius 1 is 1.20 bits per heavy atom. The Bertz CT molecular complexity index is 406. The monoisotopic (exact) mass is 279 g/mol. The molecular weight excluding hydrogens is 250 g/mol. The fourth-order valence-corrected chi connectivity index (χ4v) is 1.86. The van der Waals surface area contributed by atoms with E-state index in [1.54, 1.807) is 7.11 Å². The second kappa shape index (κ2) is 10.3. The molecular formula is C16H29N3O. The molecule has 0 saturated heterocycles. The lowest BCUT2D eigenvalue weighted by Gasteiger charge is -2.16. The van der Waals surface area contributed by atoms with Gasteiger partial charge in [0.2, 0.25) is 0 Å². The number of hydrazine groups is 1. The number of methoxy groups -OCH3 is 1. The fraction of sp³-hybridized carbons (Fsp3) is 0.500. The molecule has 0 bridgehead atoms. The first-order valence-corrected chi connectivity index (χ1v) is 6.89. The lowest BCUT2D eigenvalue weighted by molar-refractivity contribution is 0.301. The molecule has 0 heterocycles. The third kappa shape index (κ3) is 6.08. The maximum absolute atomic E-state index is 5.29. The van der Waals surface area contributed by atoms with Crippen molar-refractivity contribution >= 4 is 0 Å². The van der Waals surface area contributed by atoms with Gasteiger partial charge in [0.05, 0.1) is 12.8 Å². The van der Waals surface area contributed by atoms with Gasteiger partial charge in [-0.05, 0) is 50.1 Å². The molecule has 114 valence electrons. The molecule has 0 spiro atoms. The molecule has 0 rings (SSSR count). The average Bonchev–Trinajstić information content (AvgIpc) is 2.42. The first-order valence-electron chi connectivity index (χ1n) is 6.89. The van der Waals surface area contributed by atoms with Crippen LogP contribution in [0.2, 0.25) is 0 Å². The van der Waals surface area contributed by atoms with Crippen LogP contribution in [0.1, 0.15) is 27.2 Å². The van der Waals surface area contributed by atoms with Crippen molar-refractivity contribution in [3.8, 4) is 0 Å². The topological polar surface area (TPSA) is 45.3 Å². The summed E-state index contributed by atoms with van der Waals surface area (Å²) in [7, 11) is 5.48. The van der Waals surface area contributed by atoms with Crippen LogP contribution in [-0.4, -0.2) is 27.7 Å². The van der Waals surface area contributed by atoms with Gasteiger partial charge in [-0.1, -0.05) is 19.6 Å². The van der Waals surface area contributed by atoms with Crippen LogP contribution in [-0.2, 0) is 4.74 Å². The Balaban J connectivity index is 5.43. The van der Waals surface area contributed by atoms with E-state index in [2.05, 4.69) is 36.6 Å². The SMILES string of the molecule is C=C(C)\C(=C/C=C(C)/C(NNC)=C(/CC)CNC)OC. The molecule has 0 fully saturated rings. The number of ether oxygens (including phenoxy) is 1. The average molecular weight is 279 g/mol. The summed E-state index contributed by atoms with van der Waals surface area (Å²) in [6.45, 7) is 10.9. The fourth-order valence-electron chi connectivity index (χ4n) is 1.86. The van der Waals surface area contributed by atoms with E-state index < -0.39 is 0 Å². The first-order chi connectivity index (χ1) is 9.51. The number of likely N-dealkylation sites (N-methyl/N-ethyl adjacent to an activating group) is 1. The minimum Gasteiger partial charge on any atom is -0.497 e. The Morgan fingerprint density at radius 3 is 2.25 bits per heavy atom. The molecule has 0 amide bonds. The van der Waals surface area contributed by atoms with Crippen LogP contribution in [0.3, 0.4) is 0 Å². The minimum atomic E-state index is 0.792. The molecule has 0 aromatic rings. The van der Waals surface area contributed by atoms with Crippen LogP contribution < -0.4 is 16.2 Å². The highest BCUT2D eigenvalue weighted by Gasteiger charge is 2.06.